The zero-order chi connectivity index (χ0) is 14.1. The molecule has 1 aromatic carbocycles. The molecule has 108 valence electrons. The van der Waals surface area contributed by atoms with Gasteiger partial charge in [0.1, 0.15) is 0 Å². The lowest BCUT2D eigenvalue weighted by atomic mass is 10.3. The third kappa shape index (κ3) is 2.42. The van der Waals surface area contributed by atoms with Crippen molar-refractivity contribution in [2.75, 3.05) is 30.1 Å². The summed E-state index contributed by atoms with van der Waals surface area (Å²) in [6.45, 7) is 2.26. The normalized spacial score (nSPS) is 16.3. The van der Waals surface area contributed by atoms with Crippen LogP contribution in [0.3, 0.4) is 0 Å². The minimum absolute atomic E-state index is 0.271. The monoisotopic (exact) mass is 285 g/mol. The van der Waals surface area contributed by atoms with Gasteiger partial charge in [-0.05, 0) is 25.0 Å². The Balaban J connectivity index is 1.55. The summed E-state index contributed by atoms with van der Waals surface area (Å²) in [6.07, 6.45) is 3.98. The molecular weight excluding hydrogens is 270 g/mol. The van der Waals surface area contributed by atoms with Crippen molar-refractivity contribution in [1.82, 2.24) is 15.2 Å². The highest BCUT2D eigenvalue weighted by atomic mass is 16.7. The highest BCUT2D eigenvalue weighted by molar-refractivity contribution is 5.61. The highest BCUT2D eigenvalue weighted by Gasteiger charge is 2.16. The molecule has 1 N–H and O–H groups in total. The Morgan fingerprint density at radius 3 is 2.86 bits per heavy atom. The number of hydrogen-bond acceptors (Lipinski definition) is 7. The molecule has 1 fully saturated rings. The maximum Gasteiger partial charge on any atom is 0.247 e. The van der Waals surface area contributed by atoms with E-state index in [4.69, 9.17) is 9.47 Å². The van der Waals surface area contributed by atoms with Crippen molar-refractivity contribution in [2.45, 2.75) is 12.8 Å². The zero-order valence-corrected chi connectivity index (χ0v) is 11.5. The topological polar surface area (TPSA) is 72.4 Å². The van der Waals surface area contributed by atoms with E-state index in [9.17, 15) is 0 Å². The maximum atomic E-state index is 5.36. The average molecular weight is 285 g/mol. The summed E-state index contributed by atoms with van der Waals surface area (Å²) in [5.74, 6) is 2.85. The van der Waals surface area contributed by atoms with E-state index in [0.29, 0.717) is 11.8 Å². The molecule has 2 aromatic rings. The SMILES string of the molecule is c1cc2c(cc1Nc1cnnc(N3CCCC3)n1)OCO2. The van der Waals surface area contributed by atoms with Gasteiger partial charge >= 0.3 is 0 Å². The van der Waals surface area contributed by atoms with Crippen molar-refractivity contribution in [3.05, 3.63) is 24.4 Å². The number of nitrogens with zero attached hydrogens (tertiary/aromatic N) is 4. The number of hydrogen-bond donors (Lipinski definition) is 1. The fourth-order valence-corrected chi connectivity index (χ4v) is 2.53. The Bertz CT molecular complexity index is 658. The second-order valence-electron chi connectivity index (χ2n) is 5.03. The quantitative estimate of drug-likeness (QED) is 0.923. The van der Waals surface area contributed by atoms with Crippen LogP contribution >= 0.6 is 0 Å². The van der Waals surface area contributed by atoms with E-state index >= 15 is 0 Å². The second-order valence-corrected chi connectivity index (χ2v) is 5.03. The molecule has 1 saturated heterocycles. The summed E-state index contributed by atoms with van der Waals surface area (Å²) >= 11 is 0. The first-order valence-corrected chi connectivity index (χ1v) is 7.00. The van der Waals surface area contributed by atoms with Crippen molar-refractivity contribution in [3.8, 4) is 11.5 Å². The van der Waals surface area contributed by atoms with Gasteiger partial charge in [-0.15, -0.1) is 5.10 Å². The van der Waals surface area contributed by atoms with Gasteiger partial charge in [0, 0.05) is 24.8 Å². The number of ether oxygens (including phenoxy) is 2. The first-order chi connectivity index (χ1) is 10.4. The van der Waals surface area contributed by atoms with Gasteiger partial charge in [0.25, 0.3) is 0 Å². The summed E-state index contributed by atoms with van der Waals surface area (Å²) in [5.41, 5.74) is 0.882. The lowest BCUT2D eigenvalue weighted by Gasteiger charge is -2.15. The minimum Gasteiger partial charge on any atom is -0.454 e. The Hall–Kier alpha value is -2.57. The molecule has 7 nitrogen and oxygen atoms in total. The predicted octanol–water partition coefficient (Wildman–Crippen LogP) is 1.94. The van der Waals surface area contributed by atoms with Gasteiger partial charge in [0.15, 0.2) is 17.3 Å². The fraction of sp³-hybridized carbons (Fsp3) is 0.357. The van der Waals surface area contributed by atoms with E-state index in [2.05, 4.69) is 25.4 Å². The number of fused-ring (bicyclic) bond motifs is 1. The van der Waals surface area contributed by atoms with Crippen LogP contribution in [0.1, 0.15) is 12.8 Å². The molecule has 4 rings (SSSR count). The molecule has 7 heteroatoms. The van der Waals surface area contributed by atoms with E-state index in [1.54, 1.807) is 6.20 Å². The molecule has 0 unspecified atom stereocenters. The van der Waals surface area contributed by atoms with E-state index in [1.165, 1.54) is 12.8 Å². The number of anilines is 3. The van der Waals surface area contributed by atoms with Crippen molar-refractivity contribution in [2.24, 2.45) is 0 Å². The van der Waals surface area contributed by atoms with E-state index in [0.717, 1.165) is 30.3 Å². The summed E-state index contributed by atoms with van der Waals surface area (Å²) < 4.78 is 10.7. The van der Waals surface area contributed by atoms with Crippen LogP contribution < -0.4 is 19.7 Å². The molecule has 2 aliphatic rings. The molecule has 0 aliphatic carbocycles. The fourth-order valence-electron chi connectivity index (χ4n) is 2.53. The Morgan fingerprint density at radius 1 is 1.10 bits per heavy atom. The molecule has 0 bridgehead atoms. The maximum absolute atomic E-state index is 5.36. The van der Waals surface area contributed by atoms with Gasteiger partial charge in [0.2, 0.25) is 12.7 Å². The van der Waals surface area contributed by atoms with Gasteiger partial charge in [-0.25, -0.2) is 0 Å². The van der Waals surface area contributed by atoms with Gasteiger partial charge < -0.3 is 19.7 Å². The van der Waals surface area contributed by atoms with E-state index in [-0.39, 0.29) is 6.79 Å². The van der Waals surface area contributed by atoms with Crippen molar-refractivity contribution >= 4 is 17.5 Å². The standard InChI is InChI=1S/C14H15N5O2/c1-2-6-19(5-1)14-17-13(8-15-18-14)16-10-3-4-11-12(7-10)21-9-20-11/h3-4,7-8H,1-2,5-6,9H2,(H,16,17,18). The Kier molecular flexibility index (Phi) is 2.95. The number of aromatic nitrogens is 3. The number of nitrogens with one attached hydrogen (secondary N) is 1. The third-order valence-electron chi connectivity index (χ3n) is 3.58. The summed E-state index contributed by atoms with van der Waals surface area (Å²) in [5, 5.41) is 11.3. The molecule has 0 amide bonds. The van der Waals surface area contributed by atoms with E-state index in [1.807, 2.05) is 18.2 Å². The second kappa shape index (κ2) is 5.08. The van der Waals surface area contributed by atoms with Crippen LogP contribution in [0.2, 0.25) is 0 Å². The molecule has 21 heavy (non-hydrogen) atoms. The first-order valence-electron chi connectivity index (χ1n) is 7.00. The van der Waals surface area contributed by atoms with Crippen LogP contribution in [0.25, 0.3) is 0 Å². The van der Waals surface area contributed by atoms with Crippen molar-refractivity contribution < 1.29 is 9.47 Å². The zero-order valence-electron chi connectivity index (χ0n) is 11.5. The molecule has 0 atom stereocenters. The number of benzene rings is 1. The van der Waals surface area contributed by atoms with Crippen LogP contribution in [0.5, 0.6) is 11.5 Å². The molecule has 1 aromatic heterocycles. The largest absolute Gasteiger partial charge is 0.454 e. The van der Waals surface area contributed by atoms with Crippen molar-refractivity contribution in [1.29, 1.82) is 0 Å². The smallest absolute Gasteiger partial charge is 0.247 e. The van der Waals surface area contributed by atoms with Gasteiger partial charge in [-0.3, -0.25) is 0 Å². The minimum atomic E-state index is 0.271. The summed E-state index contributed by atoms with van der Waals surface area (Å²) in [6, 6.07) is 5.69. The van der Waals surface area contributed by atoms with Gasteiger partial charge in [-0.1, -0.05) is 0 Å². The average Bonchev–Trinajstić information content (AvgIpc) is 3.18. The van der Waals surface area contributed by atoms with Crippen LogP contribution in [0.4, 0.5) is 17.5 Å². The molecular formula is C14H15N5O2. The van der Waals surface area contributed by atoms with Gasteiger partial charge in [0.05, 0.1) is 6.20 Å². The lowest BCUT2D eigenvalue weighted by molar-refractivity contribution is 0.174. The van der Waals surface area contributed by atoms with Gasteiger partial charge in [-0.2, -0.15) is 10.1 Å². The Morgan fingerprint density at radius 2 is 1.95 bits per heavy atom. The van der Waals surface area contributed by atoms with E-state index < -0.39 is 0 Å². The lowest BCUT2D eigenvalue weighted by Crippen LogP contribution is -2.21. The van der Waals surface area contributed by atoms with Crippen LogP contribution in [-0.2, 0) is 0 Å². The van der Waals surface area contributed by atoms with Crippen LogP contribution in [0.15, 0.2) is 24.4 Å². The molecule has 0 spiro atoms. The predicted molar refractivity (Wildman–Crippen MR) is 77.1 cm³/mol. The molecule has 3 heterocycles. The molecule has 0 radical (unpaired) electrons. The highest BCUT2D eigenvalue weighted by Crippen LogP contribution is 2.34. The summed E-state index contributed by atoms with van der Waals surface area (Å²) in [7, 11) is 0. The Labute approximate surface area is 121 Å². The first kappa shape index (κ1) is 12.2. The molecule has 2 aliphatic heterocycles. The third-order valence-corrected chi connectivity index (χ3v) is 3.58. The molecule has 0 saturated carbocycles. The number of rotatable bonds is 3. The van der Waals surface area contributed by atoms with Crippen LogP contribution in [-0.4, -0.2) is 35.1 Å². The van der Waals surface area contributed by atoms with Crippen molar-refractivity contribution in [3.63, 3.8) is 0 Å². The summed E-state index contributed by atoms with van der Waals surface area (Å²) in [4.78, 5) is 6.66. The van der Waals surface area contributed by atoms with Crippen LogP contribution in [0, 0.1) is 0 Å².